The molecule has 14 rings (SSSR count). The van der Waals surface area contributed by atoms with E-state index in [1.165, 1.54) is 64.7 Å². The molecule has 654 valence electrons. The first kappa shape index (κ1) is 112. The number of hydrogen-bond donors (Lipinski definition) is 1. The van der Waals surface area contributed by atoms with Crippen LogP contribution in [0.1, 0.15) is 372 Å². The van der Waals surface area contributed by atoms with Gasteiger partial charge in [-0.15, -0.1) is 0 Å². The van der Waals surface area contributed by atoms with Gasteiger partial charge in [-0.2, -0.15) is 17.6 Å². The van der Waals surface area contributed by atoms with Gasteiger partial charge in [-0.05, 0) is 278 Å². The third kappa shape index (κ3) is 26.5. The lowest BCUT2D eigenvalue weighted by molar-refractivity contribution is -0.249. The molecule has 3 saturated heterocycles. The highest BCUT2D eigenvalue weighted by Crippen LogP contribution is 2.62. The molecule has 1 N–H and O–H groups in total. The summed E-state index contributed by atoms with van der Waals surface area (Å²) in [5.41, 5.74) is -3.66. The molecule has 3 heterocycles. The van der Waals surface area contributed by atoms with Gasteiger partial charge in [0.1, 0.15) is 48.8 Å². The van der Waals surface area contributed by atoms with Gasteiger partial charge in [0.05, 0.1) is 38.6 Å². The minimum atomic E-state index is -4.34. The lowest BCUT2D eigenvalue weighted by atomic mass is 9.49. The average molecular weight is 1590 g/mol. The lowest BCUT2D eigenvalue weighted by Crippen LogP contribution is -2.61. The molecule has 0 amide bonds. The molecule has 0 aromatic carbocycles. The highest BCUT2D eigenvalue weighted by Gasteiger charge is 2.63. The Morgan fingerprint density at radius 1 is 0.473 bits per heavy atom. The van der Waals surface area contributed by atoms with Crippen LogP contribution in [-0.4, -0.2) is 126 Å². The zero-order valence-corrected chi connectivity index (χ0v) is 64.3. The summed E-state index contributed by atoms with van der Waals surface area (Å²) in [7, 11) is 0. The van der Waals surface area contributed by atoms with Crippen LogP contribution in [0, 0.1) is 80.3 Å². The summed E-state index contributed by atoms with van der Waals surface area (Å²) in [5, 5.41) is 10.6. The topological polar surface area (TPSA) is 223 Å². The van der Waals surface area contributed by atoms with E-state index >= 15 is 0 Å². The average Bonchev–Trinajstić information content (AvgIpc) is 0.895. The molecule has 11 aliphatic carbocycles. The molecule has 21 heteroatoms. The molecule has 0 spiro atoms. The van der Waals surface area contributed by atoms with Crippen LogP contribution < -0.4 is 0 Å². The zero-order valence-electron chi connectivity index (χ0n) is 64.3. The van der Waals surface area contributed by atoms with E-state index in [0.717, 1.165) is 108 Å². The molecule has 0 radical (unpaired) electrons. The number of carbonyl (C=O) groups is 7. The Hall–Kier alpha value is -4.11. The maximum absolute atomic E-state index is 13.2. The summed E-state index contributed by atoms with van der Waals surface area (Å²) < 4.78 is 101. The van der Waals surface area contributed by atoms with E-state index in [-0.39, 0.29) is 150 Å². The molecule has 12 bridgehead atoms. The van der Waals surface area contributed by atoms with Gasteiger partial charge in [-0.3, -0.25) is 28.8 Å². The van der Waals surface area contributed by atoms with Crippen molar-refractivity contribution in [3.8, 4) is 0 Å². The third-order valence-electron chi connectivity index (χ3n) is 26.1. The second kappa shape index (κ2) is 43.2. The molecule has 0 aromatic heterocycles. The number of ether oxygens (including phenoxy) is 9. The molecule has 7 atom stereocenters. The summed E-state index contributed by atoms with van der Waals surface area (Å²) in [6.45, 7) is 30.2. The largest absolute Gasteiger partial charge is 0.460 e. The highest BCUT2D eigenvalue weighted by molar-refractivity contribution is 5.80. The van der Waals surface area contributed by atoms with Gasteiger partial charge >= 0.3 is 53.6 Å². The van der Waals surface area contributed by atoms with Crippen LogP contribution in [0.25, 0.3) is 0 Å². The molecule has 14 aliphatic rings. The van der Waals surface area contributed by atoms with Crippen LogP contribution >= 0.6 is 0 Å². The minimum Gasteiger partial charge on any atom is -0.460 e. The normalized spacial score (nSPS) is 30.6. The van der Waals surface area contributed by atoms with E-state index < -0.39 is 83.3 Å². The number of fused-ring (bicyclic) bond motifs is 1. The second-order valence-electron chi connectivity index (χ2n) is 35.9. The fourth-order valence-electron chi connectivity index (χ4n) is 17.6. The van der Waals surface area contributed by atoms with Crippen molar-refractivity contribution >= 4 is 41.8 Å². The van der Waals surface area contributed by atoms with Gasteiger partial charge in [0.15, 0.2) is 6.61 Å². The lowest BCUT2D eigenvalue weighted by Gasteiger charge is -2.60. The maximum Gasteiger partial charge on any atom is 0.344 e. The number of hydrogen-bond acceptors (Lipinski definition) is 17. The fraction of sp³-hybridized carbons (Fsp3) is 0.921. The van der Waals surface area contributed by atoms with Crippen molar-refractivity contribution < 1.29 is 98.9 Å². The molecular weight excluding hydrogens is 1420 g/mol. The molecule has 7 unspecified atom stereocenters. The number of aliphatic hydroxyl groups is 1. The number of carbonyl (C=O) groups excluding carboxylic acids is 7. The molecule has 0 aromatic rings. The summed E-state index contributed by atoms with van der Waals surface area (Å²) in [6.07, 6.45) is 26.3. The van der Waals surface area contributed by atoms with E-state index in [2.05, 4.69) is 20.8 Å². The highest BCUT2D eigenvalue weighted by atomic mass is 19.3. The molecule has 3 aliphatic heterocycles. The van der Waals surface area contributed by atoms with Crippen LogP contribution in [0.15, 0.2) is 0 Å². The summed E-state index contributed by atoms with van der Waals surface area (Å²) in [6, 6.07) is 0. The van der Waals surface area contributed by atoms with Gasteiger partial charge in [0.2, 0.25) is 5.79 Å². The van der Waals surface area contributed by atoms with Crippen molar-refractivity contribution in [2.45, 2.75) is 425 Å². The van der Waals surface area contributed by atoms with Gasteiger partial charge < -0.3 is 47.7 Å². The van der Waals surface area contributed by atoms with Gasteiger partial charge in [0, 0.05) is 12.3 Å². The second-order valence-corrected chi connectivity index (χ2v) is 35.9. The Labute approximate surface area is 668 Å². The van der Waals surface area contributed by atoms with E-state index in [9.17, 15) is 56.2 Å². The van der Waals surface area contributed by atoms with Gasteiger partial charge in [0.25, 0.3) is 0 Å². The van der Waals surface area contributed by atoms with Crippen molar-refractivity contribution in [3.05, 3.63) is 0 Å². The van der Waals surface area contributed by atoms with Crippen molar-refractivity contribution in [1.82, 2.24) is 0 Å². The van der Waals surface area contributed by atoms with Crippen molar-refractivity contribution in [2.24, 2.45) is 80.3 Å². The smallest absolute Gasteiger partial charge is 0.344 e. The summed E-state index contributed by atoms with van der Waals surface area (Å²) in [4.78, 5) is 85.0. The Bertz CT molecular complexity index is 2780. The van der Waals surface area contributed by atoms with E-state index in [4.69, 9.17) is 42.6 Å². The number of rotatable bonds is 20. The summed E-state index contributed by atoms with van der Waals surface area (Å²) in [5.74, 6) is -7.41. The Morgan fingerprint density at radius 3 is 1.29 bits per heavy atom. The molecule has 17 nitrogen and oxygen atoms in total. The zero-order chi connectivity index (χ0) is 74.7. The monoisotopic (exact) mass is 1590 g/mol. The minimum absolute atomic E-state index is 0. The summed E-state index contributed by atoms with van der Waals surface area (Å²) >= 11 is 0. The van der Waals surface area contributed by atoms with Gasteiger partial charge in [-0.1, -0.05) is 129 Å². The first-order valence-electron chi connectivity index (χ1n) is 38.5. The van der Waals surface area contributed by atoms with Crippen molar-refractivity contribution in [1.29, 1.82) is 0 Å². The van der Waals surface area contributed by atoms with Crippen molar-refractivity contribution in [2.75, 3.05) is 26.4 Å². The van der Waals surface area contributed by atoms with Crippen LogP contribution in [0.2, 0.25) is 0 Å². The predicted octanol–water partition coefficient (Wildman–Crippen LogP) is 23.3. The van der Waals surface area contributed by atoms with Crippen LogP contribution in [0.3, 0.4) is 0 Å². The Balaban J connectivity index is -0.000000627. The fourth-order valence-corrected chi connectivity index (χ4v) is 17.6. The standard InChI is InChI=1S/C18H26O6.C18H30O2.C16H26O3.C14H26O2.C13H20F4O4.10CH4/c1-4-18(2,3)17(21)22-9-14(19)24-15-11-5-10-6-12(8-11)16(20)23-13(15)7-10;1-5-17(3,4)16(19)20-18(6-2)14-8-12-7-13(10-14)11-15(18)9-12;1-4-14(2,3)13(17)19-16-8-11-5-12(9-16)7-15(18,6-11)10-16;1-5-13(3,4)12(15)16-14(6-2)10-8-7-9-11-14;1-5-10(2,3)9(18)19-6-11(4)20-7-12(14,15)13(16,17)8-21-11;;;;;;;;;;/h10-13,15H,4-9H2,1-3H3;12-15H,5-11H2,1-4H3;11-12,18H,4-10H2,1-3H3;5-11H2,1-4H3;5-8H2,1-4H3;10*1H4. The quantitative estimate of drug-likeness (QED) is 0.0680. The number of alkyl halides is 4. The SMILES string of the molecule is C.C.C.C.C.C.C.C.C.C.CCC(C)(C)C(=O)OC1(CC)C2CC3CC(C2)CC1C3.CCC(C)(C)C(=O)OC12CC3CC(CC(O)(C3)C1)C2.CCC(C)(C)C(=O)OCC(=O)OC1C2CC3CC(C2)C(=O)OC1C3.CCC(C)(C)C(=O)OCC1(C)OCC(F)(F)C(F)(F)CO1.CCC1(OC(=O)C(C)(C)CC)CCCCC1. The molecule has 11 saturated carbocycles. The predicted molar refractivity (Wildman–Crippen MR) is 435 cm³/mol. The Kier molecular flexibility index (Phi) is 44.1. The van der Waals surface area contributed by atoms with Crippen LogP contribution in [0.4, 0.5) is 17.6 Å². The third-order valence-corrected chi connectivity index (χ3v) is 26.1. The number of esters is 7. The number of halogens is 4. The van der Waals surface area contributed by atoms with Crippen molar-refractivity contribution in [3.63, 3.8) is 0 Å². The van der Waals surface area contributed by atoms with E-state index in [1.54, 1.807) is 34.6 Å². The van der Waals surface area contributed by atoms with Crippen LogP contribution in [-0.2, 0) is 76.2 Å². The maximum atomic E-state index is 13.2. The molecule has 110 heavy (non-hydrogen) atoms. The molecule has 14 fully saturated rings. The molecular formula is C89H168F4O17. The Morgan fingerprint density at radius 2 is 0.873 bits per heavy atom. The van der Waals surface area contributed by atoms with Gasteiger partial charge in [-0.25, -0.2) is 4.79 Å². The first-order valence-corrected chi connectivity index (χ1v) is 38.5. The first-order chi connectivity index (χ1) is 46.3. The van der Waals surface area contributed by atoms with E-state index in [0.29, 0.717) is 48.9 Å². The van der Waals surface area contributed by atoms with Crippen LogP contribution in [0.5, 0.6) is 0 Å². The van der Waals surface area contributed by atoms with E-state index in [1.807, 2.05) is 62.3 Å².